The van der Waals surface area contributed by atoms with Gasteiger partial charge in [0.05, 0.1) is 0 Å². The van der Waals surface area contributed by atoms with E-state index < -0.39 is 24.6 Å². The fourth-order valence-electron chi connectivity index (χ4n) is 2.39. The zero-order valence-electron chi connectivity index (χ0n) is 13.8. The molecule has 1 atom stereocenters. The van der Waals surface area contributed by atoms with Crippen molar-refractivity contribution in [1.29, 1.82) is 0 Å². The van der Waals surface area contributed by atoms with Gasteiger partial charge < -0.3 is 15.3 Å². The number of hydrogen-bond acceptors (Lipinski definition) is 2. The lowest BCUT2D eigenvalue weighted by molar-refractivity contribution is -0.271. The van der Waals surface area contributed by atoms with Crippen LogP contribution in [0, 0.1) is 5.41 Å². The molecule has 2 N–H and O–H groups in total. The summed E-state index contributed by atoms with van der Waals surface area (Å²) < 4.78 is 38.1. The summed E-state index contributed by atoms with van der Waals surface area (Å²) in [6.07, 6.45) is -3.83. The fraction of sp³-hybridized carbons (Fsp3) is 0.933. The fourth-order valence-corrected chi connectivity index (χ4v) is 2.39. The van der Waals surface area contributed by atoms with Crippen LogP contribution in [0.1, 0.15) is 53.4 Å². The Bertz CT molecular complexity index is 383. The summed E-state index contributed by atoms with van der Waals surface area (Å²) in [4.78, 5) is 13.4. The monoisotopic (exact) mass is 324 g/mol. The van der Waals surface area contributed by atoms with Gasteiger partial charge in [-0.3, -0.25) is 0 Å². The van der Waals surface area contributed by atoms with Gasteiger partial charge in [0.2, 0.25) is 0 Å². The summed E-state index contributed by atoms with van der Waals surface area (Å²) in [7, 11) is 0. The number of nitrogens with one attached hydrogen (secondary N) is 1. The number of halogens is 3. The molecule has 0 bridgehead atoms. The summed E-state index contributed by atoms with van der Waals surface area (Å²) in [5.41, 5.74) is -2.49. The minimum atomic E-state index is -4.64. The van der Waals surface area contributed by atoms with Crippen LogP contribution in [0.15, 0.2) is 0 Å². The Morgan fingerprint density at radius 3 is 2.18 bits per heavy atom. The molecule has 7 heteroatoms. The van der Waals surface area contributed by atoms with Crippen molar-refractivity contribution in [3.05, 3.63) is 0 Å². The Morgan fingerprint density at radius 2 is 1.77 bits per heavy atom. The average Bonchev–Trinajstić information content (AvgIpc) is 2.35. The number of aliphatic hydroxyl groups is 1. The number of alkyl halides is 3. The van der Waals surface area contributed by atoms with Crippen LogP contribution in [0.3, 0.4) is 0 Å². The smallest absolute Gasteiger partial charge is 0.380 e. The Balaban J connectivity index is 2.43. The van der Waals surface area contributed by atoms with Crippen molar-refractivity contribution in [3.8, 4) is 0 Å². The lowest BCUT2D eigenvalue weighted by Gasteiger charge is -2.39. The lowest BCUT2D eigenvalue weighted by Crippen LogP contribution is -2.56. The molecular weight excluding hydrogens is 297 g/mol. The van der Waals surface area contributed by atoms with E-state index in [2.05, 4.69) is 26.1 Å². The van der Waals surface area contributed by atoms with E-state index in [0.29, 0.717) is 0 Å². The summed E-state index contributed by atoms with van der Waals surface area (Å²) in [5, 5.41) is 12.4. The number of hydrogen-bond donors (Lipinski definition) is 2. The van der Waals surface area contributed by atoms with Gasteiger partial charge in [0.15, 0.2) is 5.60 Å². The molecule has 0 spiro atoms. The molecule has 1 aliphatic heterocycles. The van der Waals surface area contributed by atoms with E-state index in [9.17, 15) is 23.1 Å². The van der Waals surface area contributed by atoms with Gasteiger partial charge in [0, 0.05) is 32.0 Å². The number of carbonyl (C=O) groups is 1. The third kappa shape index (κ3) is 5.34. The van der Waals surface area contributed by atoms with Crippen LogP contribution in [0.25, 0.3) is 0 Å². The van der Waals surface area contributed by atoms with Crippen LogP contribution in [0.2, 0.25) is 0 Å². The van der Waals surface area contributed by atoms with Crippen molar-refractivity contribution in [2.75, 3.05) is 13.1 Å². The molecule has 4 nitrogen and oxygen atoms in total. The van der Waals surface area contributed by atoms with Gasteiger partial charge in [0.1, 0.15) is 0 Å². The molecule has 1 unspecified atom stereocenters. The third-order valence-corrected chi connectivity index (χ3v) is 4.10. The van der Waals surface area contributed by atoms with E-state index in [1.54, 1.807) is 0 Å². The first kappa shape index (κ1) is 19.1. The van der Waals surface area contributed by atoms with Crippen LogP contribution in [0.5, 0.6) is 0 Å². The van der Waals surface area contributed by atoms with E-state index in [1.165, 1.54) is 4.90 Å². The summed E-state index contributed by atoms with van der Waals surface area (Å²) in [6, 6.07) is -0.388. The average molecular weight is 324 g/mol. The van der Waals surface area contributed by atoms with Crippen LogP contribution >= 0.6 is 0 Å². The highest BCUT2D eigenvalue weighted by Crippen LogP contribution is 2.38. The molecule has 0 aromatic carbocycles. The quantitative estimate of drug-likeness (QED) is 0.837. The van der Waals surface area contributed by atoms with Crippen LogP contribution in [-0.2, 0) is 0 Å². The van der Waals surface area contributed by atoms with E-state index in [-0.39, 0.29) is 30.6 Å². The molecule has 1 fully saturated rings. The zero-order valence-corrected chi connectivity index (χ0v) is 13.8. The SMILES string of the molecule is CC(CCC(C)(C)C)NC(=O)N1CCC(O)(C(F)(F)F)CC1. The normalized spacial score (nSPS) is 20.6. The van der Waals surface area contributed by atoms with Crippen molar-refractivity contribution < 1.29 is 23.1 Å². The molecule has 0 aliphatic carbocycles. The first-order valence-corrected chi connectivity index (χ1v) is 7.69. The molecular formula is C15H27F3N2O2. The maximum absolute atomic E-state index is 12.7. The molecule has 0 saturated carbocycles. The Labute approximate surface area is 130 Å². The second kappa shape index (κ2) is 6.64. The topological polar surface area (TPSA) is 52.6 Å². The molecule has 1 aliphatic rings. The predicted molar refractivity (Wildman–Crippen MR) is 78.5 cm³/mol. The van der Waals surface area contributed by atoms with Crippen molar-refractivity contribution >= 4 is 6.03 Å². The van der Waals surface area contributed by atoms with Gasteiger partial charge in [-0.2, -0.15) is 13.2 Å². The Kier molecular flexibility index (Phi) is 5.76. The highest BCUT2D eigenvalue weighted by Gasteiger charge is 2.54. The number of nitrogens with zero attached hydrogens (tertiary/aromatic N) is 1. The van der Waals surface area contributed by atoms with Crippen molar-refractivity contribution in [1.82, 2.24) is 10.2 Å². The second-order valence-electron chi connectivity index (χ2n) is 7.47. The summed E-state index contributed by atoms with van der Waals surface area (Å²) >= 11 is 0. The molecule has 2 amide bonds. The van der Waals surface area contributed by atoms with Gasteiger partial charge >= 0.3 is 12.2 Å². The van der Waals surface area contributed by atoms with Crippen molar-refractivity contribution in [2.45, 2.75) is 71.2 Å². The van der Waals surface area contributed by atoms with E-state index in [1.807, 2.05) is 6.92 Å². The predicted octanol–water partition coefficient (Wildman–Crippen LogP) is 3.30. The molecule has 130 valence electrons. The van der Waals surface area contributed by atoms with Gasteiger partial charge in [-0.25, -0.2) is 4.79 Å². The molecule has 1 saturated heterocycles. The van der Waals surface area contributed by atoms with E-state index in [0.717, 1.165) is 12.8 Å². The van der Waals surface area contributed by atoms with Gasteiger partial charge in [-0.15, -0.1) is 0 Å². The van der Waals surface area contributed by atoms with Gasteiger partial charge in [-0.05, 0) is 25.2 Å². The van der Waals surface area contributed by atoms with E-state index >= 15 is 0 Å². The maximum Gasteiger partial charge on any atom is 0.417 e. The maximum atomic E-state index is 12.7. The van der Waals surface area contributed by atoms with Gasteiger partial charge in [0.25, 0.3) is 0 Å². The first-order chi connectivity index (χ1) is 9.84. The van der Waals surface area contributed by atoms with E-state index in [4.69, 9.17) is 0 Å². The Morgan fingerprint density at radius 1 is 1.27 bits per heavy atom. The minimum Gasteiger partial charge on any atom is -0.380 e. The van der Waals surface area contributed by atoms with Crippen molar-refractivity contribution in [2.24, 2.45) is 5.41 Å². The molecule has 1 heterocycles. The number of carbonyl (C=O) groups excluding carboxylic acids is 1. The molecule has 0 aromatic heterocycles. The second-order valence-corrected chi connectivity index (χ2v) is 7.47. The van der Waals surface area contributed by atoms with Crippen LogP contribution < -0.4 is 5.32 Å². The number of rotatable bonds is 3. The number of urea groups is 1. The largest absolute Gasteiger partial charge is 0.417 e. The highest BCUT2D eigenvalue weighted by molar-refractivity contribution is 5.74. The lowest BCUT2D eigenvalue weighted by atomic mass is 9.89. The number of piperidine rings is 1. The summed E-state index contributed by atoms with van der Waals surface area (Å²) in [6.45, 7) is 8.06. The molecule has 0 aromatic rings. The molecule has 0 radical (unpaired) electrons. The zero-order chi connectivity index (χ0) is 17.2. The standard InChI is InChI=1S/C15H27F3N2O2/c1-11(5-6-13(2,3)4)19-12(21)20-9-7-14(22,8-10-20)15(16,17)18/h11,22H,5-10H2,1-4H3,(H,19,21). The van der Waals surface area contributed by atoms with Crippen LogP contribution in [-0.4, -0.2) is 46.9 Å². The molecule has 1 rings (SSSR count). The number of likely N-dealkylation sites (tertiary alicyclic amines) is 1. The minimum absolute atomic E-state index is 0.0323. The first-order valence-electron chi connectivity index (χ1n) is 7.69. The number of amides is 2. The highest BCUT2D eigenvalue weighted by atomic mass is 19.4. The Hall–Kier alpha value is -0.980. The van der Waals surface area contributed by atoms with Crippen LogP contribution in [0.4, 0.5) is 18.0 Å². The summed E-state index contributed by atoms with van der Waals surface area (Å²) in [5.74, 6) is 0. The van der Waals surface area contributed by atoms with Crippen molar-refractivity contribution in [3.63, 3.8) is 0 Å². The third-order valence-electron chi connectivity index (χ3n) is 4.10. The molecule has 22 heavy (non-hydrogen) atoms. The van der Waals surface area contributed by atoms with Gasteiger partial charge in [-0.1, -0.05) is 20.8 Å².